The lowest BCUT2D eigenvalue weighted by molar-refractivity contribution is -0.140. The Hall–Kier alpha value is -3.97. The second-order valence-electron chi connectivity index (χ2n) is 10.6. The van der Waals surface area contributed by atoms with Gasteiger partial charge in [0.15, 0.2) is 0 Å². The number of hydrogen-bond donors (Lipinski definition) is 1. The minimum Gasteiger partial charge on any atom is -0.354 e. The van der Waals surface area contributed by atoms with Crippen molar-refractivity contribution in [3.63, 3.8) is 0 Å². The molecule has 6 nitrogen and oxygen atoms in total. The molecule has 4 aromatic rings. The zero-order chi connectivity index (χ0) is 28.2. The molecule has 1 aliphatic heterocycles. The fourth-order valence-corrected chi connectivity index (χ4v) is 5.39. The molecule has 4 aromatic carbocycles. The summed E-state index contributed by atoms with van der Waals surface area (Å²) in [6.45, 7) is 4.65. The van der Waals surface area contributed by atoms with E-state index in [0.29, 0.717) is 18.5 Å². The van der Waals surface area contributed by atoms with Gasteiger partial charge < -0.3 is 10.2 Å². The number of amides is 3. The summed E-state index contributed by atoms with van der Waals surface area (Å²) in [7, 11) is 0. The SMILES string of the molecule is CC(C)CNC(=O)[C@@H](Cc1ccccc1)N(Cc1ccc(Br)cc1)C(=O)CN1C(=O)c2cccc3cccc1c23. The smallest absolute Gasteiger partial charge is 0.259 e. The Morgan fingerprint density at radius 1 is 0.875 bits per heavy atom. The minimum absolute atomic E-state index is 0.161. The van der Waals surface area contributed by atoms with Crippen LogP contribution in [0, 0.1) is 5.92 Å². The summed E-state index contributed by atoms with van der Waals surface area (Å²) in [5.41, 5.74) is 3.16. The maximum atomic E-state index is 14.2. The number of nitrogens with zero attached hydrogens (tertiary/aromatic N) is 2. The van der Waals surface area contributed by atoms with E-state index in [9.17, 15) is 14.4 Å². The van der Waals surface area contributed by atoms with Gasteiger partial charge in [-0.1, -0.05) is 96.5 Å². The summed E-state index contributed by atoms with van der Waals surface area (Å²) in [6, 6.07) is 28.1. The van der Waals surface area contributed by atoms with E-state index in [-0.39, 0.29) is 36.7 Å². The highest BCUT2D eigenvalue weighted by Crippen LogP contribution is 2.37. The molecule has 0 bridgehead atoms. The highest BCUT2D eigenvalue weighted by Gasteiger charge is 2.35. The molecule has 0 saturated carbocycles. The van der Waals surface area contributed by atoms with Gasteiger partial charge in [-0.15, -0.1) is 0 Å². The number of benzene rings is 4. The largest absolute Gasteiger partial charge is 0.354 e. The first kappa shape index (κ1) is 27.6. The number of rotatable bonds is 10. The van der Waals surface area contributed by atoms with E-state index in [1.54, 1.807) is 15.9 Å². The summed E-state index contributed by atoms with van der Waals surface area (Å²) in [5.74, 6) is -0.436. The van der Waals surface area contributed by atoms with E-state index in [0.717, 1.165) is 32.1 Å². The molecule has 0 unspecified atom stereocenters. The minimum atomic E-state index is -0.756. The highest BCUT2D eigenvalue weighted by molar-refractivity contribution is 9.10. The zero-order valence-corrected chi connectivity index (χ0v) is 24.2. The van der Waals surface area contributed by atoms with E-state index in [2.05, 4.69) is 21.2 Å². The molecule has 0 spiro atoms. The first-order valence-electron chi connectivity index (χ1n) is 13.5. The predicted molar refractivity (Wildman–Crippen MR) is 162 cm³/mol. The third-order valence-corrected chi connectivity index (χ3v) is 7.69. The first-order valence-corrected chi connectivity index (χ1v) is 14.3. The Morgan fingerprint density at radius 2 is 1.57 bits per heavy atom. The average molecular weight is 599 g/mol. The van der Waals surface area contributed by atoms with Crippen molar-refractivity contribution in [1.29, 1.82) is 0 Å². The van der Waals surface area contributed by atoms with Crippen LogP contribution >= 0.6 is 15.9 Å². The van der Waals surface area contributed by atoms with E-state index in [1.165, 1.54) is 0 Å². The molecular weight excluding hydrogens is 566 g/mol. The normalized spacial score (nSPS) is 13.1. The Labute approximate surface area is 243 Å². The molecule has 0 aromatic heterocycles. The predicted octanol–water partition coefficient (Wildman–Crippen LogP) is 5.97. The standard InChI is InChI=1S/C33H32BrN3O3/c1-22(2)19-35-32(39)29(18-23-8-4-3-5-9-23)36(20-24-14-16-26(34)17-15-24)30(38)21-37-28-13-7-11-25-10-6-12-27(31(25)28)33(37)40/h3-17,22,29H,18-21H2,1-2H3,(H,35,39)/t29-/m1/s1. The van der Waals surface area contributed by atoms with Gasteiger partial charge in [0.05, 0.1) is 5.69 Å². The fraction of sp³-hybridized carbons (Fsp3) is 0.242. The van der Waals surface area contributed by atoms with Gasteiger partial charge in [-0.25, -0.2) is 0 Å². The highest BCUT2D eigenvalue weighted by atomic mass is 79.9. The van der Waals surface area contributed by atoms with Crippen molar-refractivity contribution in [3.05, 3.63) is 112 Å². The second kappa shape index (κ2) is 12.0. The van der Waals surface area contributed by atoms with Gasteiger partial charge in [-0.2, -0.15) is 0 Å². The third-order valence-electron chi connectivity index (χ3n) is 7.16. The molecule has 0 aliphatic carbocycles. The van der Waals surface area contributed by atoms with Crippen LogP contribution in [0.1, 0.15) is 35.3 Å². The van der Waals surface area contributed by atoms with E-state index in [1.807, 2.05) is 98.8 Å². The fourth-order valence-electron chi connectivity index (χ4n) is 5.13. The van der Waals surface area contributed by atoms with Crippen molar-refractivity contribution < 1.29 is 14.4 Å². The molecule has 0 saturated heterocycles. The van der Waals surface area contributed by atoms with Crippen molar-refractivity contribution in [3.8, 4) is 0 Å². The third kappa shape index (κ3) is 5.94. The Bertz CT molecular complexity index is 1530. The molecule has 1 atom stereocenters. The number of carbonyl (C=O) groups is 3. The molecule has 7 heteroatoms. The van der Waals surface area contributed by atoms with Crippen LogP contribution in [-0.4, -0.2) is 41.8 Å². The topological polar surface area (TPSA) is 69.7 Å². The molecule has 1 N–H and O–H groups in total. The molecule has 1 aliphatic rings. The molecule has 40 heavy (non-hydrogen) atoms. The summed E-state index contributed by atoms with van der Waals surface area (Å²) in [4.78, 5) is 44.5. The van der Waals surface area contributed by atoms with Crippen LogP contribution in [0.5, 0.6) is 0 Å². The maximum Gasteiger partial charge on any atom is 0.259 e. The van der Waals surface area contributed by atoms with Crippen LogP contribution in [-0.2, 0) is 22.6 Å². The number of nitrogens with one attached hydrogen (secondary N) is 1. The molecular formula is C33H32BrN3O3. The average Bonchev–Trinajstić information content (AvgIpc) is 3.23. The van der Waals surface area contributed by atoms with Crippen LogP contribution in [0.2, 0.25) is 0 Å². The van der Waals surface area contributed by atoms with Crippen LogP contribution in [0.25, 0.3) is 10.8 Å². The van der Waals surface area contributed by atoms with Gasteiger partial charge in [0.1, 0.15) is 12.6 Å². The quantitative estimate of drug-likeness (QED) is 0.245. The molecule has 5 rings (SSSR count). The Kier molecular flexibility index (Phi) is 8.31. The lowest BCUT2D eigenvalue weighted by Gasteiger charge is -2.33. The van der Waals surface area contributed by atoms with Crippen molar-refractivity contribution in [2.24, 2.45) is 5.92 Å². The maximum absolute atomic E-state index is 14.2. The summed E-state index contributed by atoms with van der Waals surface area (Å²) >= 11 is 3.48. The zero-order valence-electron chi connectivity index (χ0n) is 22.6. The number of hydrogen-bond acceptors (Lipinski definition) is 3. The summed E-state index contributed by atoms with van der Waals surface area (Å²) in [6.07, 6.45) is 0.358. The van der Waals surface area contributed by atoms with Gasteiger partial charge >= 0.3 is 0 Å². The van der Waals surface area contributed by atoms with Gasteiger partial charge in [-0.05, 0) is 46.7 Å². The summed E-state index contributed by atoms with van der Waals surface area (Å²) in [5, 5.41) is 4.86. The lowest BCUT2D eigenvalue weighted by atomic mass is 10.0. The van der Waals surface area contributed by atoms with E-state index in [4.69, 9.17) is 0 Å². The molecule has 0 radical (unpaired) electrons. The van der Waals surface area contributed by atoms with Crippen molar-refractivity contribution >= 4 is 50.1 Å². The van der Waals surface area contributed by atoms with E-state index < -0.39 is 6.04 Å². The Balaban J connectivity index is 1.50. The molecule has 1 heterocycles. The van der Waals surface area contributed by atoms with Crippen molar-refractivity contribution in [1.82, 2.24) is 10.2 Å². The van der Waals surface area contributed by atoms with Gasteiger partial charge in [-0.3, -0.25) is 19.3 Å². The van der Waals surface area contributed by atoms with Gasteiger partial charge in [0, 0.05) is 34.9 Å². The van der Waals surface area contributed by atoms with Crippen LogP contribution in [0.4, 0.5) is 5.69 Å². The lowest BCUT2D eigenvalue weighted by Crippen LogP contribution is -2.53. The van der Waals surface area contributed by atoms with Crippen LogP contribution < -0.4 is 10.2 Å². The van der Waals surface area contributed by atoms with Gasteiger partial charge in [0.2, 0.25) is 11.8 Å². The summed E-state index contributed by atoms with van der Waals surface area (Å²) < 4.78 is 0.929. The first-order chi connectivity index (χ1) is 19.3. The van der Waals surface area contributed by atoms with Crippen molar-refractivity contribution in [2.75, 3.05) is 18.0 Å². The number of carbonyl (C=O) groups excluding carboxylic acids is 3. The number of halogens is 1. The van der Waals surface area contributed by atoms with Gasteiger partial charge in [0.25, 0.3) is 5.91 Å². The van der Waals surface area contributed by atoms with Crippen LogP contribution in [0.15, 0.2) is 95.5 Å². The number of anilines is 1. The van der Waals surface area contributed by atoms with Crippen LogP contribution in [0.3, 0.4) is 0 Å². The van der Waals surface area contributed by atoms with E-state index >= 15 is 0 Å². The Morgan fingerprint density at radius 3 is 2.27 bits per heavy atom. The molecule has 3 amide bonds. The second-order valence-corrected chi connectivity index (χ2v) is 11.5. The van der Waals surface area contributed by atoms with Crippen molar-refractivity contribution in [2.45, 2.75) is 32.9 Å². The molecule has 0 fully saturated rings. The molecule has 204 valence electrons. The monoisotopic (exact) mass is 597 g/mol.